The van der Waals surface area contributed by atoms with Gasteiger partial charge in [-0.2, -0.15) is 0 Å². The van der Waals surface area contributed by atoms with E-state index in [1.54, 1.807) is 18.2 Å². The zero-order chi connectivity index (χ0) is 18.1. The van der Waals surface area contributed by atoms with Crippen molar-refractivity contribution < 1.29 is 13.2 Å². The summed E-state index contributed by atoms with van der Waals surface area (Å²) in [7, 11) is -3.53. The van der Waals surface area contributed by atoms with Crippen LogP contribution in [-0.4, -0.2) is 50.9 Å². The number of carbonyl (C=O) groups excluding carboxylic acids is 1. The van der Waals surface area contributed by atoms with Crippen LogP contribution in [-0.2, 0) is 10.0 Å². The van der Waals surface area contributed by atoms with E-state index < -0.39 is 10.0 Å². The summed E-state index contributed by atoms with van der Waals surface area (Å²) in [6.07, 6.45) is 6.39. The Kier molecular flexibility index (Phi) is 5.03. The third-order valence-corrected chi connectivity index (χ3v) is 6.98. The van der Waals surface area contributed by atoms with Crippen molar-refractivity contribution in [1.29, 1.82) is 0 Å². The van der Waals surface area contributed by atoms with Gasteiger partial charge in [-0.15, -0.1) is 0 Å². The molecule has 0 atom stereocenters. The Labute approximate surface area is 155 Å². The Morgan fingerprint density at radius 1 is 1.04 bits per heavy atom. The van der Waals surface area contributed by atoms with Crippen molar-refractivity contribution in [2.45, 2.75) is 55.5 Å². The maximum Gasteiger partial charge on any atom is 0.253 e. The molecular formula is C19H27N3O3S. The molecule has 0 aromatic heterocycles. The minimum absolute atomic E-state index is 0.0570. The lowest BCUT2D eigenvalue weighted by Crippen LogP contribution is -2.45. The molecule has 0 bridgehead atoms. The Morgan fingerprint density at radius 2 is 1.77 bits per heavy atom. The van der Waals surface area contributed by atoms with E-state index in [9.17, 15) is 13.2 Å². The third-order valence-electron chi connectivity index (χ3n) is 5.46. The van der Waals surface area contributed by atoms with Crippen molar-refractivity contribution in [3.05, 3.63) is 29.8 Å². The van der Waals surface area contributed by atoms with Gasteiger partial charge in [0.05, 0.1) is 4.90 Å². The predicted octanol–water partition coefficient (Wildman–Crippen LogP) is 1.73. The van der Waals surface area contributed by atoms with Gasteiger partial charge >= 0.3 is 0 Å². The van der Waals surface area contributed by atoms with Gasteiger partial charge in [0.2, 0.25) is 10.0 Å². The standard InChI is InChI=1S/C19H27N3O3S/c23-19(22-10-8-16(9-11-22)20-13-14-4-5-14)15-2-1-3-18(12-15)26(24,25)21-17-6-7-17/h1-3,12,14,16-17,20-21H,4-11,13H2. The van der Waals surface area contributed by atoms with Gasteiger partial charge in [0.1, 0.15) is 0 Å². The zero-order valence-corrected chi connectivity index (χ0v) is 15.8. The molecule has 1 amide bonds. The molecule has 1 saturated heterocycles. The molecule has 1 heterocycles. The maximum absolute atomic E-state index is 12.8. The molecule has 0 radical (unpaired) electrons. The lowest BCUT2D eigenvalue weighted by atomic mass is 10.0. The highest BCUT2D eigenvalue weighted by Crippen LogP contribution is 2.28. The molecule has 3 fully saturated rings. The summed E-state index contributed by atoms with van der Waals surface area (Å²) in [5, 5.41) is 3.61. The molecule has 1 aromatic rings. The van der Waals surface area contributed by atoms with Crippen molar-refractivity contribution in [3.63, 3.8) is 0 Å². The molecule has 2 saturated carbocycles. The molecule has 7 heteroatoms. The molecule has 6 nitrogen and oxygen atoms in total. The second-order valence-electron chi connectivity index (χ2n) is 7.84. The van der Waals surface area contributed by atoms with Gasteiger partial charge in [-0.25, -0.2) is 13.1 Å². The first-order chi connectivity index (χ1) is 12.5. The summed E-state index contributed by atoms with van der Waals surface area (Å²) in [6, 6.07) is 6.96. The van der Waals surface area contributed by atoms with Crippen molar-refractivity contribution in [2.75, 3.05) is 19.6 Å². The van der Waals surface area contributed by atoms with Gasteiger partial charge < -0.3 is 10.2 Å². The second-order valence-corrected chi connectivity index (χ2v) is 9.56. The van der Waals surface area contributed by atoms with Crippen LogP contribution < -0.4 is 10.0 Å². The zero-order valence-electron chi connectivity index (χ0n) is 15.0. The van der Waals surface area contributed by atoms with Crippen LogP contribution in [0, 0.1) is 5.92 Å². The Morgan fingerprint density at radius 3 is 2.42 bits per heavy atom. The van der Waals surface area contributed by atoms with E-state index in [0.717, 1.165) is 51.2 Å². The van der Waals surface area contributed by atoms with Crippen LogP contribution in [0.2, 0.25) is 0 Å². The first-order valence-corrected chi connectivity index (χ1v) is 11.1. The number of piperidine rings is 1. The van der Waals surface area contributed by atoms with Crippen LogP contribution in [0.1, 0.15) is 48.9 Å². The van der Waals surface area contributed by atoms with E-state index in [0.29, 0.717) is 11.6 Å². The van der Waals surface area contributed by atoms with Crippen LogP contribution in [0.4, 0.5) is 0 Å². The summed E-state index contributed by atoms with van der Waals surface area (Å²) >= 11 is 0. The minimum Gasteiger partial charge on any atom is -0.339 e. The molecule has 2 N–H and O–H groups in total. The summed E-state index contributed by atoms with van der Waals surface area (Å²) in [6.45, 7) is 2.55. The first-order valence-electron chi connectivity index (χ1n) is 9.66. The van der Waals surface area contributed by atoms with Gasteiger partial charge in [-0.1, -0.05) is 6.07 Å². The SMILES string of the molecule is O=C(c1cccc(S(=O)(=O)NC2CC2)c1)N1CCC(NCC2CC2)CC1. The van der Waals surface area contributed by atoms with Crippen LogP contribution in [0.3, 0.4) is 0 Å². The monoisotopic (exact) mass is 377 g/mol. The predicted molar refractivity (Wildman–Crippen MR) is 99.4 cm³/mol. The van der Waals surface area contributed by atoms with Crippen LogP contribution in [0.5, 0.6) is 0 Å². The second kappa shape index (κ2) is 7.29. The lowest BCUT2D eigenvalue weighted by Gasteiger charge is -2.32. The fourth-order valence-corrected chi connectivity index (χ4v) is 4.76. The maximum atomic E-state index is 12.8. The smallest absolute Gasteiger partial charge is 0.253 e. The first kappa shape index (κ1) is 17.9. The van der Waals surface area contributed by atoms with E-state index in [1.165, 1.54) is 18.9 Å². The van der Waals surface area contributed by atoms with E-state index in [2.05, 4.69) is 10.0 Å². The normalized spacial score (nSPS) is 21.8. The van der Waals surface area contributed by atoms with Gasteiger partial charge in [-0.05, 0) is 69.2 Å². The summed E-state index contributed by atoms with van der Waals surface area (Å²) in [4.78, 5) is 14.8. The molecule has 26 heavy (non-hydrogen) atoms. The summed E-state index contributed by atoms with van der Waals surface area (Å²) in [5.74, 6) is 0.790. The molecule has 4 rings (SSSR count). The number of hydrogen-bond acceptors (Lipinski definition) is 4. The van der Waals surface area contributed by atoms with E-state index in [4.69, 9.17) is 0 Å². The summed E-state index contributed by atoms with van der Waals surface area (Å²) < 4.78 is 27.4. The molecular weight excluding hydrogens is 350 g/mol. The number of sulfonamides is 1. The molecule has 2 aliphatic carbocycles. The molecule has 142 valence electrons. The quantitative estimate of drug-likeness (QED) is 0.759. The molecule has 1 aliphatic heterocycles. The van der Waals surface area contributed by atoms with Gasteiger partial charge in [0, 0.05) is 30.7 Å². The molecule has 3 aliphatic rings. The van der Waals surface area contributed by atoms with Crippen LogP contribution in [0.15, 0.2) is 29.2 Å². The molecule has 1 aromatic carbocycles. The number of carbonyl (C=O) groups is 1. The van der Waals surface area contributed by atoms with E-state index >= 15 is 0 Å². The van der Waals surface area contributed by atoms with Crippen molar-refractivity contribution in [2.24, 2.45) is 5.92 Å². The Hall–Kier alpha value is -1.44. The number of benzene rings is 1. The highest BCUT2D eigenvalue weighted by atomic mass is 32.2. The highest BCUT2D eigenvalue weighted by molar-refractivity contribution is 7.89. The summed E-state index contributed by atoms with van der Waals surface area (Å²) in [5.41, 5.74) is 0.452. The minimum atomic E-state index is -3.53. The van der Waals surface area contributed by atoms with Gasteiger partial charge in [0.15, 0.2) is 0 Å². The van der Waals surface area contributed by atoms with Crippen molar-refractivity contribution >= 4 is 15.9 Å². The molecule has 0 spiro atoms. The Balaban J connectivity index is 1.36. The van der Waals surface area contributed by atoms with Gasteiger partial charge in [-0.3, -0.25) is 4.79 Å². The average molecular weight is 378 g/mol. The number of rotatable bonds is 7. The number of likely N-dealkylation sites (tertiary alicyclic amines) is 1. The highest BCUT2D eigenvalue weighted by Gasteiger charge is 2.29. The fourth-order valence-electron chi connectivity index (χ4n) is 3.41. The largest absolute Gasteiger partial charge is 0.339 e. The number of amides is 1. The fraction of sp³-hybridized carbons (Fsp3) is 0.632. The lowest BCUT2D eigenvalue weighted by molar-refractivity contribution is 0.0704. The number of hydrogen-bond donors (Lipinski definition) is 2. The third kappa shape index (κ3) is 4.45. The van der Waals surface area contributed by atoms with Gasteiger partial charge in [0.25, 0.3) is 5.91 Å². The van der Waals surface area contributed by atoms with E-state index in [1.807, 2.05) is 4.90 Å². The van der Waals surface area contributed by atoms with Crippen molar-refractivity contribution in [1.82, 2.24) is 14.9 Å². The van der Waals surface area contributed by atoms with E-state index in [-0.39, 0.29) is 16.8 Å². The number of nitrogens with zero attached hydrogens (tertiary/aromatic N) is 1. The topological polar surface area (TPSA) is 78.5 Å². The average Bonchev–Trinajstić information content (AvgIpc) is 3.56. The van der Waals surface area contributed by atoms with Crippen LogP contribution >= 0.6 is 0 Å². The van der Waals surface area contributed by atoms with Crippen molar-refractivity contribution in [3.8, 4) is 0 Å². The number of nitrogens with one attached hydrogen (secondary N) is 2. The molecule has 0 unspecified atom stereocenters. The van der Waals surface area contributed by atoms with Crippen LogP contribution in [0.25, 0.3) is 0 Å². The Bertz CT molecular complexity index is 764.